The Balaban J connectivity index is 1.64. The second kappa shape index (κ2) is 7.31. The number of hydrazone groups is 1. The lowest BCUT2D eigenvalue weighted by Crippen LogP contribution is -2.17. The van der Waals surface area contributed by atoms with Crippen molar-refractivity contribution in [2.75, 3.05) is 5.73 Å². The molecule has 1 aromatic heterocycles. The SMILES string of the molecule is Nc1ccc(C(=O)N/N=C\c2ccc(-c3ccc([N+](=O)[O-])cc3)o2)cc1. The molecule has 0 spiro atoms. The first kappa shape index (κ1) is 16.9. The number of carbonyl (C=O) groups is 1. The third kappa shape index (κ3) is 3.93. The van der Waals surface area contributed by atoms with Crippen molar-refractivity contribution in [1.29, 1.82) is 0 Å². The Morgan fingerprint density at radius 1 is 1.08 bits per heavy atom. The summed E-state index contributed by atoms with van der Waals surface area (Å²) in [4.78, 5) is 22.1. The van der Waals surface area contributed by atoms with Crippen LogP contribution in [-0.2, 0) is 0 Å². The molecule has 8 heteroatoms. The topological polar surface area (TPSA) is 124 Å². The zero-order valence-corrected chi connectivity index (χ0v) is 13.5. The first-order valence-electron chi connectivity index (χ1n) is 7.56. The van der Waals surface area contributed by atoms with Crippen molar-refractivity contribution in [2.24, 2.45) is 5.10 Å². The van der Waals surface area contributed by atoms with Crippen LogP contribution < -0.4 is 11.2 Å². The van der Waals surface area contributed by atoms with Crippen molar-refractivity contribution >= 4 is 23.5 Å². The quantitative estimate of drug-likeness (QED) is 0.316. The van der Waals surface area contributed by atoms with E-state index >= 15 is 0 Å². The van der Waals surface area contributed by atoms with Gasteiger partial charge in [-0.1, -0.05) is 0 Å². The summed E-state index contributed by atoms with van der Waals surface area (Å²) >= 11 is 0. The number of nitrogen functional groups attached to an aromatic ring is 1. The fraction of sp³-hybridized carbons (Fsp3) is 0. The number of nitrogens with two attached hydrogens (primary N) is 1. The summed E-state index contributed by atoms with van der Waals surface area (Å²) in [6.45, 7) is 0. The molecule has 0 unspecified atom stereocenters. The Kier molecular flexibility index (Phi) is 4.75. The van der Waals surface area contributed by atoms with E-state index in [1.807, 2.05) is 0 Å². The molecule has 130 valence electrons. The van der Waals surface area contributed by atoms with E-state index in [0.717, 1.165) is 0 Å². The van der Waals surface area contributed by atoms with Crippen LogP contribution in [0, 0.1) is 10.1 Å². The van der Waals surface area contributed by atoms with E-state index in [4.69, 9.17) is 10.2 Å². The van der Waals surface area contributed by atoms with Crippen LogP contribution in [0.5, 0.6) is 0 Å². The van der Waals surface area contributed by atoms with Crippen LogP contribution in [0.4, 0.5) is 11.4 Å². The lowest BCUT2D eigenvalue weighted by molar-refractivity contribution is -0.384. The van der Waals surface area contributed by atoms with Crippen molar-refractivity contribution in [3.63, 3.8) is 0 Å². The number of nitro benzene ring substituents is 1. The summed E-state index contributed by atoms with van der Waals surface area (Å²) in [5, 5.41) is 14.5. The van der Waals surface area contributed by atoms with Gasteiger partial charge in [0.25, 0.3) is 11.6 Å². The Morgan fingerprint density at radius 2 is 1.77 bits per heavy atom. The maximum atomic E-state index is 11.9. The number of benzene rings is 2. The van der Waals surface area contributed by atoms with Crippen LogP contribution in [0.25, 0.3) is 11.3 Å². The number of nitro groups is 1. The minimum absolute atomic E-state index is 0.00692. The van der Waals surface area contributed by atoms with Crippen LogP contribution >= 0.6 is 0 Å². The minimum Gasteiger partial charge on any atom is -0.455 e. The van der Waals surface area contributed by atoms with Gasteiger partial charge in [0.1, 0.15) is 11.5 Å². The molecule has 0 saturated heterocycles. The maximum absolute atomic E-state index is 11.9. The molecule has 0 radical (unpaired) electrons. The van der Waals surface area contributed by atoms with Crippen molar-refractivity contribution in [1.82, 2.24) is 5.43 Å². The number of hydrogen-bond acceptors (Lipinski definition) is 6. The first-order chi connectivity index (χ1) is 12.5. The van der Waals surface area contributed by atoms with E-state index in [0.29, 0.717) is 28.3 Å². The van der Waals surface area contributed by atoms with E-state index in [-0.39, 0.29) is 11.6 Å². The molecule has 0 fully saturated rings. The zero-order chi connectivity index (χ0) is 18.5. The summed E-state index contributed by atoms with van der Waals surface area (Å²) in [6, 6.07) is 15.8. The number of nitrogens with one attached hydrogen (secondary N) is 1. The van der Waals surface area contributed by atoms with Gasteiger partial charge < -0.3 is 10.2 Å². The molecular formula is C18H14N4O4. The average molecular weight is 350 g/mol. The number of amides is 1. The van der Waals surface area contributed by atoms with Gasteiger partial charge in [-0.3, -0.25) is 14.9 Å². The Hall–Kier alpha value is -3.94. The van der Waals surface area contributed by atoms with Gasteiger partial charge in [0, 0.05) is 28.9 Å². The lowest BCUT2D eigenvalue weighted by Gasteiger charge is -1.99. The highest BCUT2D eigenvalue weighted by molar-refractivity contribution is 5.95. The molecule has 1 amide bonds. The molecule has 0 bridgehead atoms. The largest absolute Gasteiger partial charge is 0.455 e. The van der Waals surface area contributed by atoms with E-state index < -0.39 is 4.92 Å². The molecule has 8 nitrogen and oxygen atoms in total. The van der Waals surface area contributed by atoms with Crippen molar-refractivity contribution < 1.29 is 14.1 Å². The van der Waals surface area contributed by atoms with Crippen LogP contribution in [0.3, 0.4) is 0 Å². The fourth-order valence-corrected chi connectivity index (χ4v) is 2.18. The number of hydrogen-bond donors (Lipinski definition) is 2. The third-order valence-corrected chi connectivity index (χ3v) is 3.52. The summed E-state index contributed by atoms with van der Waals surface area (Å²) in [5.41, 5.74) is 9.66. The molecule has 0 atom stereocenters. The summed E-state index contributed by atoms with van der Waals surface area (Å²) in [5.74, 6) is 0.588. The van der Waals surface area contributed by atoms with Gasteiger partial charge in [0.05, 0.1) is 11.1 Å². The monoisotopic (exact) mass is 350 g/mol. The van der Waals surface area contributed by atoms with Gasteiger partial charge in [-0.25, -0.2) is 5.43 Å². The zero-order valence-electron chi connectivity index (χ0n) is 13.5. The molecule has 0 saturated carbocycles. The van der Waals surface area contributed by atoms with Crippen molar-refractivity contribution in [3.8, 4) is 11.3 Å². The van der Waals surface area contributed by atoms with Gasteiger partial charge in [-0.05, 0) is 48.5 Å². The highest BCUT2D eigenvalue weighted by Crippen LogP contribution is 2.23. The molecule has 1 heterocycles. The van der Waals surface area contributed by atoms with Crippen LogP contribution in [0.1, 0.15) is 16.1 Å². The summed E-state index contributed by atoms with van der Waals surface area (Å²) < 4.78 is 5.59. The first-order valence-corrected chi connectivity index (χ1v) is 7.56. The van der Waals surface area contributed by atoms with E-state index in [1.54, 1.807) is 48.5 Å². The second-order valence-electron chi connectivity index (χ2n) is 5.33. The molecule has 3 rings (SSSR count). The van der Waals surface area contributed by atoms with Gasteiger partial charge >= 0.3 is 0 Å². The Morgan fingerprint density at radius 3 is 2.42 bits per heavy atom. The number of rotatable bonds is 5. The Labute approximate surface area is 148 Å². The highest BCUT2D eigenvalue weighted by Gasteiger charge is 2.08. The van der Waals surface area contributed by atoms with E-state index in [2.05, 4.69) is 10.5 Å². The number of non-ortho nitro benzene ring substituents is 1. The van der Waals surface area contributed by atoms with Gasteiger partial charge in [-0.15, -0.1) is 0 Å². The molecular weight excluding hydrogens is 336 g/mol. The molecule has 26 heavy (non-hydrogen) atoms. The number of anilines is 1. The standard InChI is InChI=1S/C18H14N4O4/c19-14-5-1-13(2-6-14)18(23)21-20-11-16-9-10-17(26-16)12-3-7-15(8-4-12)22(24)25/h1-11H,19H2,(H,21,23)/b20-11-. The Bertz CT molecular complexity index is 960. The minimum atomic E-state index is -0.465. The van der Waals surface area contributed by atoms with Crippen LogP contribution in [-0.4, -0.2) is 17.0 Å². The second-order valence-corrected chi connectivity index (χ2v) is 5.33. The predicted octanol–water partition coefficient (Wildman–Crippen LogP) is 3.20. The van der Waals surface area contributed by atoms with Crippen molar-refractivity contribution in [3.05, 3.63) is 82.1 Å². The normalized spacial score (nSPS) is 10.8. The smallest absolute Gasteiger partial charge is 0.271 e. The lowest BCUT2D eigenvalue weighted by atomic mass is 10.1. The maximum Gasteiger partial charge on any atom is 0.271 e. The number of nitrogens with zero attached hydrogens (tertiary/aromatic N) is 2. The van der Waals surface area contributed by atoms with Gasteiger partial charge in [0.15, 0.2) is 0 Å². The van der Waals surface area contributed by atoms with Crippen molar-refractivity contribution in [2.45, 2.75) is 0 Å². The predicted molar refractivity (Wildman–Crippen MR) is 96.7 cm³/mol. The average Bonchev–Trinajstić information content (AvgIpc) is 3.11. The van der Waals surface area contributed by atoms with Gasteiger partial charge in [-0.2, -0.15) is 5.10 Å². The van der Waals surface area contributed by atoms with E-state index in [9.17, 15) is 14.9 Å². The highest BCUT2D eigenvalue weighted by atomic mass is 16.6. The molecule has 0 aliphatic rings. The summed E-state index contributed by atoms with van der Waals surface area (Å²) in [7, 11) is 0. The van der Waals surface area contributed by atoms with Gasteiger partial charge in [0.2, 0.25) is 0 Å². The molecule has 3 aromatic rings. The van der Waals surface area contributed by atoms with Crippen LogP contribution in [0.2, 0.25) is 0 Å². The van der Waals surface area contributed by atoms with Crippen LogP contribution in [0.15, 0.2) is 70.2 Å². The number of furan rings is 1. The third-order valence-electron chi connectivity index (χ3n) is 3.52. The molecule has 0 aliphatic heterocycles. The number of carbonyl (C=O) groups excluding carboxylic acids is 1. The fourth-order valence-electron chi connectivity index (χ4n) is 2.18. The molecule has 0 aliphatic carbocycles. The van der Waals surface area contributed by atoms with E-state index in [1.165, 1.54) is 18.3 Å². The summed E-state index contributed by atoms with van der Waals surface area (Å²) in [6.07, 6.45) is 1.37. The molecule has 3 N–H and O–H groups in total. The molecule has 2 aromatic carbocycles.